The van der Waals surface area contributed by atoms with Gasteiger partial charge in [-0.15, -0.1) is 0 Å². The monoisotopic (exact) mass is 332 g/mol. The molecular formula is C20H32N2O2. The van der Waals surface area contributed by atoms with E-state index in [0.29, 0.717) is 23.9 Å². The molecule has 1 N–H and O–H groups in total. The van der Waals surface area contributed by atoms with Crippen LogP contribution in [0.25, 0.3) is 0 Å². The van der Waals surface area contributed by atoms with Gasteiger partial charge < -0.3 is 5.11 Å². The van der Waals surface area contributed by atoms with E-state index in [4.69, 9.17) is 5.11 Å². The van der Waals surface area contributed by atoms with E-state index in [0.717, 1.165) is 25.7 Å². The van der Waals surface area contributed by atoms with Gasteiger partial charge >= 0.3 is 5.97 Å². The highest BCUT2D eigenvalue weighted by Gasteiger charge is 2.44. The molecule has 0 aromatic heterocycles. The Balaban J connectivity index is 1.74. The lowest BCUT2D eigenvalue weighted by molar-refractivity contribution is -0.137. The number of fused-ring (bicyclic) bond motifs is 2. The molecule has 1 fully saturated rings. The fourth-order valence-electron chi connectivity index (χ4n) is 3.74. The average molecular weight is 332 g/mol. The molecule has 1 aliphatic carbocycles. The Morgan fingerprint density at radius 1 is 0.958 bits per heavy atom. The zero-order valence-corrected chi connectivity index (χ0v) is 14.9. The van der Waals surface area contributed by atoms with E-state index < -0.39 is 5.97 Å². The van der Waals surface area contributed by atoms with Gasteiger partial charge in [-0.2, -0.15) is 10.2 Å². The smallest absolute Gasteiger partial charge is 0.303 e. The van der Waals surface area contributed by atoms with Crippen LogP contribution >= 0.6 is 0 Å². The number of carbonyl (C=O) groups is 1. The van der Waals surface area contributed by atoms with Crippen LogP contribution < -0.4 is 0 Å². The van der Waals surface area contributed by atoms with Crippen molar-refractivity contribution in [1.82, 2.24) is 0 Å². The highest BCUT2D eigenvalue weighted by Crippen LogP contribution is 2.43. The van der Waals surface area contributed by atoms with Crippen molar-refractivity contribution in [3.63, 3.8) is 0 Å². The summed E-state index contributed by atoms with van der Waals surface area (Å²) >= 11 is 0. The number of carboxylic acid groups (broad SMARTS) is 1. The SMILES string of the molecule is CCCCCC/C=C/C1C2CC(N=N2)C1/C=C/CCCCC(=O)O. The maximum Gasteiger partial charge on any atom is 0.303 e. The van der Waals surface area contributed by atoms with Gasteiger partial charge in [0.25, 0.3) is 0 Å². The summed E-state index contributed by atoms with van der Waals surface area (Å²) in [6.07, 6.45) is 19.7. The molecule has 24 heavy (non-hydrogen) atoms. The molecule has 0 radical (unpaired) electrons. The van der Waals surface area contributed by atoms with Crippen LogP contribution in [-0.2, 0) is 4.79 Å². The third-order valence-corrected chi connectivity index (χ3v) is 5.13. The Hall–Kier alpha value is -1.45. The van der Waals surface area contributed by atoms with E-state index in [1.807, 2.05) is 0 Å². The number of azo groups is 1. The molecule has 0 spiro atoms. The molecule has 1 aliphatic heterocycles. The predicted octanol–water partition coefficient (Wildman–Crippen LogP) is 5.55. The highest BCUT2D eigenvalue weighted by molar-refractivity contribution is 5.66. The Morgan fingerprint density at radius 2 is 1.54 bits per heavy atom. The zero-order chi connectivity index (χ0) is 17.2. The first-order valence-corrected chi connectivity index (χ1v) is 9.67. The minimum atomic E-state index is -0.698. The van der Waals surface area contributed by atoms with Crippen LogP contribution in [-0.4, -0.2) is 23.2 Å². The second kappa shape index (κ2) is 10.4. The van der Waals surface area contributed by atoms with Crippen LogP contribution in [0.4, 0.5) is 0 Å². The number of hydrogen-bond acceptors (Lipinski definition) is 3. The lowest BCUT2D eigenvalue weighted by atomic mass is 9.90. The predicted molar refractivity (Wildman–Crippen MR) is 97.2 cm³/mol. The third-order valence-electron chi connectivity index (χ3n) is 5.13. The Bertz CT molecular complexity index is 470. The van der Waals surface area contributed by atoms with E-state index in [1.165, 1.54) is 32.1 Å². The normalized spacial score (nSPS) is 28.5. The summed E-state index contributed by atoms with van der Waals surface area (Å²) in [5, 5.41) is 17.5. The Kier molecular flexibility index (Phi) is 8.20. The molecular weight excluding hydrogens is 300 g/mol. The fraction of sp³-hybridized carbons (Fsp3) is 0.750. The molecule has 1 saturated carbocycles. The summed E-state index contributed by atoms with van der Waals surface area (Å²) in [7, 11) is 0. The van der Waals surface area contributed by atoms with Crippen molar-refractivity contribution < 1.29 is 9.90 Å². The first-order chi connectivity index (χ1) is 11.7. The molecule has 4 heteroatoms. The first-order valence-electron chi connectivity index (χ1n) is 9.67. The van der Waals surface area contributed by atoms with Crippen molar-refractivity contribution in [2.75, 3.05) is 0 Å². The largest absolute Gasteiger partial charge is 0.481 e. The van der Waals surface area contributed by atoms with Crippen molar-refractivity contribution in [3.05, 3.63) is 24.3 Å². The van der Waals surface area contributed by atoms with Crippen molar-refractivity contribution in [1.29, 1.82) is 0 Å². The van der Waals surface area contributed by atoms with Crippen LogP contribution in [0.1, 0.15) is 71.1 Å². The molecule has 0 aromatic rings. The molecule has 0 saturated heterocycles. The number of aliphatic carboxylic acids is 1. The minimum absolute atomic E-state index is 0.277. The van der Waals surface area contributed by atoms with Crippen molar-refractivity contribution in [2.45, 2.75) is 83.2 Å². The van der Waals surface area contributed by atoms with Gasteiger partial charge in [-0.05, 0) is 38.5 Å². The van der Waals surface area contributed by atoms with Crippen LogP contribution in [0, 0.1) is 11.8 Å². The molecule has 134 valence electrons. The maximum absolute atomic E-state index is 10.5. The summed E-state index contributed by atoms with van der Waals surface area (Å²) in [5.74, 6) is 0.296. The van der Waals surface area contributed by atoms with E-state index in [-0.39, 0.29) is 6.42 Å². The van der Waals surface area contributed by atoms with Gasteiger partial charge in [0.1, 0.15) is 0 Å². The Morgan fingerprint density at radius 3 is 2.08 bits per heavy atom. The molecule has 4 nitrogen and oxygen atoms in total. The van der Waals surface area contributed by atoms with Crippen LogP contribution in [0.15, 0.2) is 34.5 Å². The molecule has 4 unspecified atom stereocenters. The van der Waals surface area contributed by atoms with Gasteiger partial charge in [0.15, 0.2) is 0 Å². The maximum atomic E-state index is 10.5. The summed E-state index contributed by atoms with van der Waals surface area (Å²) in [5.41, 5.74) is 0. The van der Waals surface area contributed by atoms with Crippen LogP contribution in [0.5, 0.6) is 0 Å². The lowest BCUT2D eigenvalue weighted by Crippen LogP contribution is -2.20. The molecule has 4 atom stereocenters. The Labute approximate surface area is 146 Å². The van der Waals surface area contributed by atoms with Crippen molar-refractivity contribution in [2.24, 2.45) is 22.1 Å². The van der Waals surface area contributed by atoms with Gasteiger partial charge in [-0.3, -0.25) is 4.79 Å². The quantitative estimate of drug-likeness (QED) is 0.376. The second-order valence-electron chi connectivity index (χ2n) is 7.10. The standard InChI is InChI=1S/C20H32N2O2/c1-2-3-4-5-6-9-12-16-17(19-15-18(16)21-22-19)13-10-7-8-11-14-20(23)24/h9-10,12-13,16-19H,2-8,11,14-15H2,1H3,(H,23,24)/b12-9+,13-10+. The molecule has 2 aliphatic rings. The number of hydrogen-bond donors (Lipinski definition) is 1. The van der Waals surface area contributed by atoms with E-state index in [9.17, 15) is 4.79 Å². The number of rotatable bonds is 12. The van der Waals surface area contributed by atoms with Gasteiger partial charge in [0.2, 0.25) is 0 Å². The van der Waals surface area contributed by atoms with Crippen LogP contribution in [0.3, 0.4) is 0 Å². The number of allylic oxidation sites excluding steroid dienone is 2. The summed E-state index contributed by atoms with van der Waals surface area (Å²) < 4.78 is 0. The number of nitrogens with zero attached hydrogens (tertiary/aromatic N) is 2. The van der Waals surface area contributed by atoms with Crippen molar-refractivity contribution in [3.8, 4) is 0 Å². The summed E-state index contributed by atoms with van der Waals surface area (Å²) in [6, 6.07) is 0.739. The molecule has 0 amide bonds. The molecule has 0 aromatic carbocycles. The second-order valence-corrected chi connectivity index (χ2v) is 7.10. The lowest BCUT2D eigenvalue weighted by Gasteiger charge is -2.21. The topological polar surface area (TPSA) is 62.0 Å². The molecule has 2 rings (SSSR count). The number of carboxylic acids is 1. The van der Waals surface area contributed by atoms with Crippen molar-refractivity contribution >= 4 is 5.97 Å². The van der Waals surface area contributed by atoms with Crippen LogP contribution in [0.2, 0.25) is 0 Å². The zero-order valence-electron chi connectivity index (χ0n) is 14.9. The fourth-order valence-corrected chi connectivity index (χ4v) is 3.74. The average Bonchev–Trinajstić information content (AvgIpc) is 3.15. The highest BCUT2D eigenvalue weighted by atomic mass is 16.4. The summed E-state index contributed by atoms with van der Waals surface area (Å²) in [6.45, 7) is 2.24. The van der Waals surface area contributed by atoms with E-state index in [1.54, 1.807) is 0 Å². The minimum Gasteiger partial charge on any atom is -0.481 e. The van der Waals surface area contributed by atoms with E-state index >= 15 is 0 Å². The molecule has 1 heterocycles. The first kappa shape index (κ1) is 18.9. The summed E-state index contributed by atoms with van der Waals surface area (Å²) in [4.78, 5) is 10.5. The third kappa shape index (κ3) is 5.88. The number of unbranched alkanes of at least 4 members (excludes halogenated alkanes) is 6. The van der Waals surface area contributed by atoms with Gasteiger partial charge in [0.05, 0.1) is 12.1 Å². The van der Waals surface area contributed by atoms with Gasteiger partial charge in [-0.1, -0.05) is 50.5 Å². The van der Waals surface area contributed by atoms with Gasteiger partial charge in [0, 0.05) is 18.3 Å². The molecule has 2 bridgehead atoms. The van der Waals surface area contributed by atoms with E-state index in [2.05, 4.69) is 41.5 Å². The van der Waals surface area contributed by atoms with Gasteiger partial charge in [-0.25, -0.2) is 0 Å².